The number of fused-ring (bicyclic) bond motifs is 1. The predicted molar refractivity (Wildman–Crippen MR) is 90.8 cm³/mol. The van der Waals surface area contributed by atoms with Gasteiger partial charge in [0.1, 0.15) is 0 Å². The Kier molecular flexibility index (Phi) is 2.73. The van der Waals surface area contributed by atoms with E-state index >= 15 is 0 Å². The summed E-state index contributed by atoms with van der Waals surface area (Å²) in [5.41, 5.74) is 9.16. The van der Waals surface area contributed by atoms with Gasteiger partial charge in [0.05, 0.1) is 0 Å². The lowest BCUT2D eigenvalue weighted by Gasteiger charge is -2.60. The van der Waals surface area contributed by atoms with Crippen molar-refractivity contribution >= 4 is 11.6 Å². The number of anilines is 1. The molecular formula is C20H26N2O. The van der Waals surface area contributed by atoms with Crippen LogP contribution in [0.15, 0.2) is 18.2 Å². The average Bonchev–Trinajstić information content (AvgIpc) is 2.84. The van der Waals surface area contributed by atoms with Gasteiger partial charge in [0.15, 0.2) is 0 Å². The minimum atomic E-state index is 0.204. The SMILES string of the molecule is CC(N1Cc2c(N)cccc2C1=O)C12CC3CC(CC(C3)C1)C2. The first-order chi connectivity index (χ1) is 11.1. The fourth-order valence-electron chi connectivity index (χ4n) is 6.71. The quantitative estimate of drug-likeness (QED) is 0.844. The van der Waals surface area contributed by atoms with Crippen LogP contribution in [0.2, 0.25) is 0 Å². The molecule has 0 radical (unpaired) electrons. The summed E-state index contributed by atoms with van der Waals surface area (Å²) in [4.78, 5) is 15.1. The van der Waals surface area contributed by atoms with Gasteiger partial charge in [0, 0.05) is 29.4 Å². The number of carbonyl (C=O) groups is 1. The number of benzene rings is 1. The summed E-state index contributed by atoms with van der Waals surface area (Å²) in [6, 6.07) is 6.12. The van der Waals surface area contributed by atoms with Gasteiger partial charge in [0.2, 0.25) is 0 Å². The summed E-state index contributed by atoms with van der Waals surface area (Å²) in [7, 11) is 0. The summed E-state index contributed by atoms with van der Waals surface area (Å²) in [6.45, 7) is 3.02. The molecule has 0 aromatic heterocycles. The number of rotatable bonds is 2. The standard InChI is InChI=1S/C20H26N2O/c1-12(20-8-13-5-14(9-20)7-15(6-13)10-20)22-11-17-16(19(22)23)3-2-4-18(17)21/h2-4,12-15H,5-11,21H2,1H3. The number of amides is 1. The molecule has 1 aromatic carbocycles. The van der Waals surface area contributed by atoms with Gasteiger partial charge >= 0.3 is 0 Å². The van der Waals surface area contributed by atoms with Gasteiger partial charge < -0.3 is 10.6 Å². The van der Waals surface area contributed by atoms with Crippen LogP contribution in [0.3, 0.4) is 0 Å². The number of nitrogens with two attached hydrogens (primary N) is 1. The van der Waals surface area contributed by atoms with E-state index in [1.165, 1.54) is 38.5 Å². The van der Waals surface area contributed by atoms with E-state index in [9.17, 15) is 4.79 Å². The highest BCUT2D eigenvalue weighted by Crippen LogP contribution is 2.62. The Hall–Kier alpha value is -1.51. The maximum absolute atomic E-state index is 13.0. The topological polar surface area (TPSA) is 46.3 Å². The molecule has 1 aliphatic heterocycles. The molecule has 2 N–H and O–H groups in total. The monoisotopic (exact) mass is 310 g/mol. The normalized spacial score (nSPS) is 38.9. The van der Waals surface area contributed by atoms with Crippen molar-refractivity contribution in [2.24, 2.45) is 23.2 Å². The fourth-order valence-corrected chi connectivity index (χ4v) is 6.71. The van der Waals surface area contributed by atoms with E-state index in [1.807, 2.05) is 18.2 Å². The van der Waals surface area contributed by atoms with Crippen molar-refractivity contribution in [1.29, 1.82) is 0 Å². The molecule has 6 rings (SSSR count). The highest BCUT2D eigenvalue weighted by molar-refractivity contribution is 6.00. The van der Waals surface area contributed by atoms with Crippen LogP contribution in [0.5, 0.6) is 0 Å². The van der Waals surface area contributed by atoms with Crippen LogP contribution in [-0.4, -0.2) is 16.8 Å². The van der Waals surface area contributed by atoms with Crippen LogP contribution in [-0.2, 0) is 6.54 Å². The molecule has 4 aliphatic carbocycles. The van der Waals surface area contributed by atoms with Crippen LogP contribution in [0.1, 0.15) is 61.4 Å². The summed E-state index contributed by atoms with van der Waals surface area (Å²) in [5.74, 6) is 2.98. The molecule has 23 heavy (non-hydrogen) atoms. The van der Waals surface area contributed by atoms with E-state index in [0.717, 1.165) is 34.6 Å². The van der Waals surface area contributed by atoms with Crippen molar-refractivity contribution in [1.82, 2.24) is 4.90 Å². The lowest BCUT2D eigenvalue weighted by atomic mass is 9.47. The zero-order chi connectivity index (χ0) is 15.8. The highest BCUT2D eigenvalue weighted by Gasteiger charge is 2.55. The van der Waals surface area contributed by atoms with Crippen molar-refractivity contribution in [3.63, 3.8) is 0 Å². The van der Waals surface area contributed by atoms with Crippen LogP contribution < -0.4 is 5.73 Å². The zero-order valence-electron chi connectivity index (χ0n) is 13.9. The summed E-state index contributed by atoms with van der Waals surface area (Å²) in [5, 5.41) is 0. The number of nitrogens with zero attached hydrogens (tertiary/aromatic N) is 1. The van der Waals surface area contributed by atoms with Crippen LogP contribution in [0.25, 0.3) is 0 Å². The molecule has 1 unspecified atom stereocenters. The zero-order valence-corrected chi connectivity index (χ0v) is 13.9. The van der Waals surface area contributed by atoms with E-state index in [-0.39, 0.29) is 5.91 Å². The lowest BCUT2D eigenvalue weighted by molar-refractivity contribution is -0.0905. The Morgan fingerprint density at radius 1 is 1.13 bits per heavy atom. The Labute approximate surface area is 138 Å². The summed E-state index contributed by atoms with van der Waals surface area (Å²) < 4.78 is 0. The molecular weight excluding hydrogens is 284 g/mol. The number of nitrogen functional groups attached to an aromatic ring is 1. The average molecular weight is 310 g/mol. The fraction of sp³-hybridized carbons (Fsp3) is 0.650. The second-order valence-corrected chi connectivity index (χ2v) is 8.76. The first-order valence-electron chi connectivity index (χ1n) is 9.24. The van der Waals surface area contributed by atoms with E-state index in [2.05, 4.69) is 11.8 Å². The molecule has 4 fully saturated rings. The first kappa shape index (κ1) is 13.9. The van der Waals surface area contributed by atoms with Gasteiger partial charge in [-0.15, -0.1) is 0 Å². The van der Waals surface area contributed by atoms with E-state index in [0.29, 0.717) is 18.0 Å². The molecule has 1 atom stereocenters. The minimum absolute atomic E-state index is 0.204. The Bertz CT molecular complexity index is 645. The third-order valence-corrected chi connectivity index (χ3v) is 7.47. The first-order valence-corrected chi connectivity index (χ1v) is 9.24. The Balaban J connectivity index is 1.47. The molecule has 0 spiro atoms. The molecule has 4 saturated carbocycles. The molecule has 1 heterocycles. The van der Waals surface area contributed by atoms with Gasteiger partial charge in [0.25, 0.3) is 5.91 Å². The lowest BCUT2D eigenvalue weighted by Crippen LogP contribution is -2.55. The molecule has 3 heteroatoms. The molecule has 4 bridgehead atoms. The third kappa shape index (κ3) is 1.85. The van der Waals surface area contributed by atoms with Crippen LogP contribution in [0, 0.1) is 23.2 Å². The minimum Gasteiger partial charge on any atom is -0.398 e. The molecule has 5 aliphatic rings. The summed E-state index contributed by atoms with van der Waals surface area (Å²) >= 11 is 0. The number of hydrogen-bond donors (Lipinski definition) is 1. The molecule has 0 saturated heterocycles. The number of hydrogen-bond acceptors (Lipinski definition) is 2. The van der Waals surface area contributed by atoms with Gasteiger partial charge in [-0.1, -0.05) is 6.07 Å². The predicted octanol–water partition coefficient (Wildman–Crippen LogP) is 3.83. The van der Waals surface area contributed by atoms with Gasteiger partial charge in [-0.05, 0) is 80.8 Å². The molecule has 122 valence electrons. The van der Waals surface area contributed by atoms with Crippen LogP contribution >= 0.6 is 0 Å². The van der Waals surface area contributed by atoms with Gasteiger partial charge in [-0.25, -0.2) is 0 Å². The number of carbonyl (C=O) groups excluding carboxylic acids is 1. The van der Waals surface area contributed by atoms with Crippen molar-refractivity contribution in [3.05, 3.63) is 29.3 Å². The largest absolute Gasteiger partial charge is 0.398 e. The second-order valence-electron chi connectivity index (χ2n) is 8.76. The molecule has 1 amide bonds. The van der Waals surface area contributed by atoms with E-state index < -0.39 is 0 Å². The van der Waals surface area contributed by atoms with Crippen LogP contribution in [0.4, 0.5) is 5.69 Å². The molecule has 3 nitrogen and oxygen atoms in total. The van der Waals surface area contributed by atoms with Gasteiger partial charge in [-0.3, -0.25) is 4.79 Å². The highest BCUT2D eigenvalue weighted by atomic mass is 16.2. The third-order valence-electron chi connectivity index (χ3n) is 7.47. The smallest absolute Gasteiger partial charge is 0.254 e. The maximum Gasteiger partial charge on any atom is 0.254 e. The van der Waals surface area contributed by atoms with Crippen molar-refractivity contribution in [2.45, 2.75) is 58.0 Å². The Morgan fingerprint density at radius 3 is 2.30 bits per heavy atom. The van der Waals surface area contributed by atoms with Crippen molar-refractivity contribution < 1.29 is 4.79 Å². The van der Waals surface area contributed by atoms with Crippen molar-refractivity contribution in [2.75, 3.05) is 5.73 Å². The molecule has 1 aromatic rings. The van der Waals surface area contributed by atoms with Gasteiger partial charge in [-0.2, -0.15) is 0 Å². The van der Waals surface area contributed by atoms with E-state index in [1.54, 1.807) is 0 Å². The maximum atomic E-state index is 13.0. The second kappa shape index (κ2) is 4.52. The van der Waals surface area contributed by atoms with Crippen molar-refractivity contribution in [3.8, 4) is 0 Å². The Morgan fingerprint density at radius 2 is 1.74 bits per heavy atom. The van der Waals surface area contributed by atoms with E-state index in [4.69, 9.17) is 5.73 Å². The summed E-state index contributed by atoms with van der Waals surface area (Å²) in [6.07, 6.45) is 8.38.